The van der Waals surface area contributed by atoms with Crippen molar-refractivity contribution in [3.63, 3.8) is 0 Å². The van der Waals surface area contributed by atoms with Crippen molar-refractivity contribution in [1.29, 1.82) is 0 Å². The van der Waals surface area contributed by atoms with Crippen molar-refractivity contribution in [2.24, 2.45) is 0 Å². The van der Waals surface area contributed by atoms with Gasteiger partial charge in [-0.2, -0.15) is 0 Å². The molecule has 5 atom stereocenters. The number of methoxy groups -OCH3 is 1. The number of ether oxygens (including phenoxy) is 3. The summed E-state index contributed by atoms with van der Waals surface area (Å²) in [7, 11) is 1.29. The molecule has 0 spiro atoms. The molecule has 0 bridgehead atoms. The third-order valence-corrected chi connectivity index (χ3v) is 4.16. The summed E-state index contributed by atoms with van der Waals surface area (Å²) in [6, 6.07) is 4.78. The maximum atomic E-state index is 11.7. The highest BCUT2D eigenvalue weighted by Gasteiger charge is 2.44. The van der Waals surface area contributed by atoms with E-state index in [-0.39, 0.29) is 0 Å². The highest BCUT2D eigenvalue weighted by atomic mass is 16.7. The number of benzene rings is 1. The third kappa shape index (κ3) is 3.20. The topological polar surface area (TPSA) is 141 Å². The number of fused-ring (bicyclic) bond motifs is 1. The number of rotatable bonds is 4. The molecule has 3 rings (SSSR count). The standard InChI is InChI=1S/C16H19NO8/c1-23-15(22)9-5-17-10-4-7(2-3-8(9)10)24-16-14(21)13(20)12(19)11(6-18)25-16/h2-5,11-14,16-21H,6H2,1H3. The van der Waals surface area contributed by atoms with Gasteiger partial charge in [0.1, 0.15) is 30.2 Å². The van der Waals surface area contributed by atoms with E-state index in [1.165, 1.54) is 13.3 Å². The first-order valence-electron chi connectivity index (χ1n) is 7.63. The van der Waals surface area contributed by atoms with Gasteiger partial charge in [0, 0.05) is 23.2 Å². The first-order chi connectivity index (χ1) is 12.0. The minimum Gasteiger partial charge on any atom is -0.465 e. The molecule has 136 valence electrons. The second-order valence-electron chi connectivity index (χ2n) is 5.72. The van der Waals surface area contributed by atoms with Gasteiger partial charge in [-0.25, -0.2) is 4.79 Å². The predicted molar refractivity (Wildman–Crippen MR) is 84.0 cm³/mol. The quantitative estimate of drug-likeness (QED) is 0.447. The molecule has 2 aromatic rings. The highest BCUT2D eigenvalue weighted by Crippen LogP contribution is 2.28. The fourth-order valence-corrected chi connectivity index (χ4v) is 2.76. The van der Waals surface area contributed by atoms with Gasteiger partial charge >= 0.3 is 5.97 Å². The van der Waals surface area contributed by atoms with Crippen LogP contribution in [0.25, 0.3) is 10.9 Å². The van der Waals surface area contributed by atoms with Crippen LogP contribution in [0.3, 0.4) is 0 Å². The monoisotopic (exact) mass is 353 g/mol. The van der Waals surface area contributed by atoms with Crippen LogP contribution >= 0.6 is 0 Å². The van der Waals surface area contributed by atoms with Crippen LogP contribution in [-0.4, -0.2) is 75.8 Å². The maximum Gasteiger partial charge on any atom is 0.340 e. The lowest BCUT2D eigenvalue weighted by Gasteiger charge is -2.39. The summed E-state index contributed by atoms with van der Waals surface area (Å²) in [6.45, 7) is -0.539. The summed E-state index contributed by atoms with van der Waals surface area (Å²) in [5.74, 6) is -0.177. The fourth-order valence-electron chi connectivity index (χ4n) is 2.76. The number of esters is 1. The lowest BCUT2D eigenvalue weighted by Crippen LogP contribution is -2.60. The van der Waals surface area contributed by atoms with Crippen molar-refractivity contribution in [3.05, 3.63) is 30.0 Å². The van der Waals surface area contributed by atoms with E-state index in [2.05, 4.69) is 4.98 Å². The van der Waals surface area contributed by atoms with Crippen LogP contribution in [-0.2, 0) is 9.47 Å². The van der Waals surface area contributed by atoms with E-state index in [9.17, 15) is 25.2 Å². The van der Waals surface area contributed by atoms with Gasteiger partial charge in [-0.15, -0.1) is 0 Å². The number of aliphatic hydroxyl groups is 4. The average molecular weight is 353 g/mol. The predicted octanol–water partition coefficient (Wildman–Crippen LogP) is -0.867. The summed E-state index contributed by atoms with van der Waals surface area (Å²) in [5, 5.41) is 39.4. The summed E-state index contributed by atoms with van der Waals surface area (Å²) in [6.07, 6.45) is -5.28. The number of hydrogen-bond donors (Lipinski definition) is 5. The lowest BCUT2D eigenvalue weighted by atomic mass is 9.99. The number of carbonyl (C=O) groups is 1. The molecule has 1 aromatic heterocycles. The second-order valence-corrected chi connectivity index (χ2v) is 5.72. The Balaban J connectivity index is 1.82. The van der Waals surface area contributed by atoms with Gasteiger partial charge in [-0.3, -0.25) is 0 Å². The molecular weight excluding hydrogens is 334 g/mol. The smallest absolute Gasteiger partial charge is 0.340 e. The van der Waals surface area contributed by atoms with Gasteiger partial charge in [-0.05, 0) is 12.1 Å². The van der Waals surface area contributed by atoms with Gasteiger partial charge in [-0.1, -0.05) is 0 Å². The molecule has 1 fully saturated rings. The SMILES string of the molecule is COC(=O)c1c[nH]c2cc(OC3OC(CO)C(O)C(O)C3O)ccc12. The fraction of sp³-hybridized carbons (Fsp3) is 0.438. The van der Waals surface area contributed by atoms with Crippen molar-refractivity contribution in [3.8, 4) is 5.75 Å². The zero-order valence-electron chi connectivity index (χ0n) is 13.3. The summed E-state index contributed by atoms with van der Waals surface area (Å²) in [5.41, 5.74) is 0.972. The lowest BCUT2D eigenvalue weighted by molar-refractivity contribution is -0.277. The van der Waals surface area contributed by atoms with Gasteiger partial charge in [0.2, 0.25) is 6.29 Å². The molecule has 25 heavy (non-hydrogen) atoms. The Morgan fingerprint density at radius 1 is 1.24 bits per heavy atom. The normalized spacial score (nSPS) is 29.6. The first kappa shape index (κ1) is 17.6. The van der Waals surface area contributed by atoms with E-state index in [0.717, 1.165) is 0 Å². The molecule has 1 saturated heterocycles. The number of aromatic amines is 1. The molecule has 9 nitrogen and oxygen atoms in total. The number of carbonyl (C=O) groups excluding carboxylic acids is 1. The van der Waals surface area contributed by atoms with Crippen molar-refractivity contribution >= 4 is 16.9 Å². The summed E-state index contributed by atoms with van der Waals surface area (Å²) < 4.78 is 15.5. The van der Waals surface area contributed by atoms with Crippen LogP contribution in [0.5, 0.6) is 5.75 Å². The molecule has 9 heteroatoms. The van der Waals surface area contributed by atoms with Crippen molar-refractivity contribution in [2.45, 2.75) is 30.7 Å². The molecule has 0 aliphatic carbocycles. The third-order valence-electron chi connectivity index (χ3n) is 4.16. The summed E-state index contributed by atoms with van der Waals surface area (Å²) in [4.78, 5) is 14.6. The van der Waals surface area contributed by atoms with E-state index >= 15 is 0 Å². The largest absolute Gasteiger partial charge is 0.465 e. The molecule has 1 aromatic carbocycles. The summed E-state index contributed by atoms with van der Waals surface area (Å²) >= 11 is 0. The van der Waals surface area contributed by atoms with Gasteiger partial charge in [0.15, 0.2) is 0 Å². The number of aromatic nitrogens is 1. The minimum atomic E-state index is -1.52. The van der Waals surface area contributed by atoms with Crippen LogP contribution in [0, 0.1) is 0 Å². The highest BCUT2D eigenvalue weighted by molar-refractivity contribution is 6.04. The van der Waals surface area contributed by atoms with Crippen molar-refractivity contribution in [2.75, 3.05) is 13.7 Å². The van der Waals surface area contributed by atoms with Crippen molar-refractivity contribution in [1.82, 2.24) is 4.98 Å². The van der Waals surface area contributed by atoms with Gasteiger partial charge in [0.25, 0.3) is 0 Å². The first-order valence-corrected chi connectivity index (χ1v) is 7.63. The van der Waals surface area contributed by atoms with Crippen molar-refractivity contribution < 1.29 is 39.4 Å². The Bertz CT molecular complexity index is 758. The molecule has 1 aliphatic heterocycles. The van der Waals surface area contributed by atoms with E-state index in [1.54, 1.807) is 18.2 Å². The Labute approximate surface area is 142 Å². The second kappa shape index (κ2) is 6.98. The molecule has 5 unspecified atom stereocenters. The molecule has 5 N–H and O–H groups in total. The molecule has 1 aliphatic rings. The van der Waals surface area contributed by atoms with E-state index in [4.69, 9.17) is 14.2 Å². The Morgan fingerprint density at radius 3 is 2.68 bits per heavy atom. The molecule has 0 radical (unpaired) electrons. The van der Waals surface area contributed by atoms with E-state index in [0.29, 0.717) is 22.2 Å². The zero-order chi connectivity index (χ0) is 18.1. The number of nitrogens with one attached hydrogen (secondary N) is 1. The Kier molecular flexibility index (Phi) is 4.93. The van der Waals surface area contributed by atoms with E-state index < -0.39 is 43.3 Å². The van der Waals surface area contributed by atoms with Crippen LogP contribution in [0.1, 0.15) is 10.4 Å². The number of H-pyrrole nitrogens is 1. The van der Waals surface area contributed by atoms with Crippen LogP contribution in [0.4, 0.5) is 0 Å². The molecular formula is C16H19NO8. The Hall–Kier alpha value is -2.17. The van der Waals surface area contributed by atoms with Crippen LogP contribution in [0.15, 0.2) is 24.4 Å². The Morgan fingerprint density at radius 2 is 2.00 bits per heavy atom. The number of hydrogen-bond acceptors (Lipinski definition) is 8. The van der Waals surface area contributed by atoms with E-state index in [1.807, 2.05) is 0 Å². The van der Waals surface area contributed by atoms with Crippen LogP contribution < -0.4 is 4.74 Å². The zero-order valence-corrected chi connectivity index (χ0v) is 13.3. The number of aliphatic hydroxyl groups excluding tert-OH is 4. The van der Waals surface area contributed by atoms with Gasteiger partial charge < -0.3 is 39.6 Å². The molecule has 0 saturated carbocycles. The maximum absolute atomic E-state index is 11.7. The van der Waals surface area contributed by atoms with Crippen LogP contribution in [0.2, 0.25) is 0 Å². The van der Waals surface area contributed by atoms with Gasteiger partial charge in [0.05, 0.1) is 19.3 Å². The molecule has 0 amide bonds. The average Bonchev–Trinajstić information content (AvgIpc) is 3.04. The minimum absolute atomic E-state index is 0.301. The molecule has 2 heterocycles.